The van der Waals surface area contributed by atoms with Crippen molar-refractivity contribution in [2.24, 2.45) is 5.92 Å². The van der Waals surface area contributed by atoms with E-state index >= 15 is 0 Å². The maximum atomic E-state index is 12.6. The molecule has 1 amide bonds. The molecule has 0 spiro atoms. The number of aromatic nitrogens is 2. The van der Waals surface area contributed by atoms with Crippen LogP contribution in [0.5, 0.6) is 0 Å². The number of hydrogen-bond donors (Lipinski definition) is 2. The molecular weight excluding hydrogens is 324 g/mol. The van der Waals surface area contributed by atoms with Crippen LogP contribution in [0.3, 0.4) is 0 Å². The van der Waals surface area contributed by atoms with Crippen LogP contribution in [-0.4, -0.2) is 33.9 Å². The van der Waals surface area contributed by atoms with E-state index in [0.717, 1.165) is 60.6 Å². The molecule has 5 nitrogen and oxygen atoms in total. The van der Waals surface area contributed by atoms with Gasteiger partial charge in [-0.25, -0.2) is 4.98 Å². The van der Waals surface area contributed by atoms with Crippen LogP contribution in [0.4, 0.5) is 5.69 Å². The van der Waals surface area contributed by atoms with Crippen LogP contribution in [-0.2, 0) is 11.3 Å². The van der Waals surface area contributed by atoms with Crippen LogP contribution in [0.15, 0.2) is 48.5 Å². The number of nitrogens with one attached hydrogen (secondary N) is 2. The highest BCUT2D eigenvalue weighted by Crippen LogP contribution is 2.22. The van der Waals surface area contributed by atoms with Crippen molar-refractivity contribution in [3.8, 4) is 0 Å². The van der Waals surface area contributed by atoms with E-state index in [0.29, 0.717) is 0 Å². The van der Waals surface area contributed by atoms with Crippen molar-refractivity contribution in [1.82, 2.24) is 14.9 Å². The highest BCUT2D eigenvalue weighted by Gasteiger charge is 2.25. The minimum atomic E-state index is 0.0847. The Morgan fingerprint density at radius 2 is 1.88 bits per heavy atom. The highest BCUT2D eigenvalue weighted by molar-refractivity contribution is 5.93. The Morgan fingerprint density at radius 1 is 1.15 bits per heavy atom. The van der Waals surface area contributed by atoms with E-state index in [1.165, 1.54) is 0 Å². The summed E-state index contributed by atoms with van der Waals surface area (Å²) in [5.41, 5.74) is 4.11. The van der Waals surface area contributed by atoms with Crippen LogP contribution in [0.25, 0.3) is 11.0 Å². The highest BCUT2D eigenvalue weighted by atomic mass is 16.1. The van der Waals surface area contributed by atoms with Gasteiger partial charge in [-0.2, -0.15) is 0 Å². The lowest BCUT2D eigenvalue weighted by Gasteiger charge is -2.30. The van der Waals surface area contributed by atoms with Gasteiger partial charge in [-0.1, -0.05) is 30.3 Å². The molecule has 26 heavy (non-hydrogen) atoms. The summed E-state index contributed by atoms with van der Waals surface area (Å²) in [4.78, 5) is 23.0. The Labute approximate surface area is 153 Å². The molecule has 2 heterocycles. The van der Waals surface area contributed by atoms with Crippen LogP contribution in [0.1, 0.15) is 24.2 Å². The number of imidazole rings is 1. The fourth-order valence-electron chi connectivity index (χ4n) is 3.59. The predicted molar refractivity (Wildman–Crippen MR) is 104 cm³/mol. The zero-order valence-electron chi connectivity index (χ0n) is 15.0. The second-order valence-corrected chi connectivity index (χ2v) is 7.06. The third kappa shape index (κ3) is 3.63. The van der Waals surface area contributed by atoms with Gasteiger partial charge in [0, 0.05) is 11.6 Å². The smallest absolute Gasteiger partial charge is 0.227 e. The Morgan fingerprint density at radius 3 is 2.65 bits per heavy atom. The van der Waals surface area contributed by atoms with Crippen molar-refractivity contribution < 1.29 is 4.79 Å². The number of para-hydroxylation sites is 3. The number of aryl methyl sites for hydroxylation is 1. The Hall–Kier alpha value is -2.66. The van der Waals surface area contributed by atoms with Crippen LogP contribution < -0.4 is 5.32 Å². The van der Waals surface area contributed by atoms with E-state index in [1.54, 1.807) is 0 Å². The number of aromatic amines is 1. The number of anilines is 1. The predicted octanol–water partition coefficient (Wildman–Crippen LogP) is 3.72. The molecule has 1 aromatic heterocycles. The number of hydrogen-bond acceptors (Lipinski definition) is 3. The lowest BCUT2D eigenvalue weighted by atomic mass is 9.95. The molecule has 1 aliphatic rings. The standard InChI is InChI=1S/C21H24N4O/c1-15-6-2-3-7-17(15)24-21(26)16-10-12-25(13-11-16)14-20-22-18-8-4-5-9-19(18)23-20/h2-9,16H,10-14H2,1H3,(H,22,23)(H,24,26). The Bertz CT molecular complexity index is 876. The van der Waals surface area contributed by atoms with Gasteiger partial charge < -0.3 is 10.3 Å². The van der Waals surface area contributed by atoms with Crippen molar-refractivity contribution in [3.05, 3.63) is 59.9 Å². The Kier molecular flexibility index (Phi) is 4.71. The molecule has 134 valence electrons. The molecule has 0 aliphatic carbocycles. The molecule has 2 N–H and O–H groups in total. The number of carbonyl (C=O) groups excluding carboxylic acids is 1. The number of benzene rings is 2. The fraction of sp³-hybridized carbons (Fsp3) is 0.333. The summed E-state index contributed by atoms with van der Waals surface area (Å²) in [5, 5.41) is 3.09. The molecule has 3 aromatic rings. The number of likely N-dealkylation sites (tertiary alicyclic amines) is 1. The van der Waals surface area contributed by atoms with Gasteiger partial charge in [0.2, 0.25) is 5.91 Å². The summed E-state index contributed by atoms with van der Waals surface area (Å²) in [5.74, 6) is 1.22. The minimum Gasteiger partial charge on any atom is -0.341 e. The lowest BCUT2D eigenvalue weighted by Crippen LogP contribution is -2.38. The number of rotatable bonds is 4. The third-order valence-corrected chi connectivity index (χ3v) is 5.17. The van der Waals surface area contributed by atoms with Crippen molar-refractivity contribution in [2.75, 3.05) is 18.4 Å². The average Bonchev–Trinajstić information content (AvgIpc) is 3.06. The molecule has 4 rings (SSSR count). The normalized spacial score (nSPS) is 16.0. The van der Waals surface area contributed by atoms with Crippen molar-refractivity contribution in [2.45, 2.75) is 26.3 Å². The maximum Gasteiger partial charge on any atom is 0.227 e. The van der Waals surface area contributed by atoms with Gasteiger partial charge >= 0.3 is 0 Å². The van der Waals surface area contributed by atoms with E-state index in [-0.39, 0.29) is 11.8 Å². The van der Waals surface area contributed by atoms with Crippen molar-refractivity contribution >= 4 is 22.6 Å². The lowest BCUT2D eigenvalue weighted by molar-refractivity contribution is -0.121. The van der Waals surface area contributed by atoms with Gasteiger partial charge in [-0.15, -0.1) is 0 Å². The topological polar surface area (TPSA) is 61.0 Å². The monoisotopic (exact) mass is 348 g/mol. The van der Waals surface area contributed by atoms with Gasteiger partial charge in [0.25, 0.3) is 0 Å². The molecule has 5 heteroatoms. The molecule has 1 aliphatic heterocycles. The summed E-state index contributed by atoms with van der Waals surface area (Å²) in [7, 11) is 0. The largest absolute Gasteiger partial charge is 0.341 e. The van der Waals surface area contributed by atoms with E-state index in [9.17, 15) is 4.79 Å². The fourth-order valence-corrected chi connectivity index (χ4v) is 3.59. The minimum absolute atomic E-state index is 0.0847. The van der Waals surface area contributed by atoms with Crippen molar-refractivity contribution in [3.63, 3.8) is 0 Å². The van der Waals surface area contributed by atoms with E-state index in [2.05, 4.69) is 20.2 Å². The molecule has 1 fully saturated rings. The number of nitrogens with zero attached hydrogens (tertiary/aromatic N) is 2. The second kappa shape index (κ2) is 7.30. The summed E-state index contributed by atoms with van der Waals surface area (Å²) < 4.78 is 0. The summed E-state index contributed by atoms with van der Waals surface area (Å²) >= 11 is 0. The van der Waals surface area contributed by atoms with Crippen LogP contribution in [0.2, 0.25) is 0 Å². The van der Waals surface area contributed by atoms with Gasteiger partial charge in [0.1, 0.15) is 5.82 Å². The zero-order chi connectivity index (χ0) is 17.9. The molecular formula is C21H24N4O. The molecule has 0 saturated carbocycles. The summed E-state index contributed by atoms with van der Waals surface area (Å²) in [6.45, 7) is 4.66. The maximum absolute atomic E-state index is 12.6. The quantitative estimate of drug-likeness (QED) is 0.755. The number of amides is 1. The molecule has 2 aromatic carbocycles. The van der Waals surface area contributed by atoms with Crippen molar-refractivity contribution in [1.29, 1.82) is 0 Å². The van der Waals surface area contributed by atoms with Gasteiger partial charge in [-0.3, -0.25) is 9.69 Å². The number of piperidine rings is 1. The molecule has 1 saturated heterocycles. The third-order valence-electron chi connectivity index (χ3n) is 5.17. The van der Waals surface area contributed by atoms with E-state index < -0.39 is 0 Å². The zero-order valence-corrected chi connectivity index (χ0v) is 15.0. The number of fused-ring (bicyclic) bond motifs is 1. The first-order chi connectivity index (χ1) is 12.7. The summed E-state index contributed by atoms with van der Waals surface area (Å²) in [6, 6.07) is 16.0. The first-order valence-corrected chi connectivity index (χ1v) is 9.21. The van der Waals surface area contributed by atoms with Gasteiger partial charge in [-0.05, 0) is 56.6 Å². The number of carbonyl (C=O) groups is 1. The van der Waals surface area contributed by atoms with Crippen LogP contribution in [0, 0.1) is 12.8 Å². The van der Waals surface area contributed by atoms with Crippen LogP contribution >= 0.6 is 0 Å². The molecule has 0 atom stereocenters. The Balaban J connectivity index is 1.32. The molecule has 0 bridgehead atoms. The van der Waals surface area contributed by atoms with E-state index in [4.69, 9.17) is 0 Å². The first kappa shape index (κ1) is 16.8. The van der Waals surface area contributed by atoms with Gasteiger partial charge in [0.05, 0.1) is 17.6 Å². The molecule has 0 radical (unpaired) electrons. The first-order valence-electron chi connectivity index (χ1n) is 9.21. The SMILES string of the molecule is Cc1ccccc1NC(=O)C1CCN(Cc2nc3ccccc3[nH]2)CC1. The molecule has 0 unspecified atom stereocenters. The number of H-pyrrole nitrogens is 1. The van der Waals surface area contributed by atoms with Gasteiger partial charge in [0.15, 0.2) is 0 Å². The van der Waals surface area contributed by atoms with E-state index in [1.807, 2.05) is 55.5 Å². The summed E-state index contributed by atoms with van der Waals surface area (Å²) in [6.07, 6.45) is 1.77. The average molecular weight is 348 g/mol. The second-order valence-electron chi connectivity index (χ2n) is 7.06.